The lowest BCUT2D eigenvalue weighted by Gasteiger charge is -2.16. The van der Waals surface area contributed by atoms with Crippen molar-refractivity contribution < 1.29 is 4.74 Å². The average molecular weight is 249 g/mol. The molecule has 0 amide bonds. The van der Waals surface area contributed by atoms with Crippen molar-refractivity contribution in [2.45, 2.75) is 46.6 Å². The second-order valence-corrected chi connectivity index (χ2v) is 4.78. The number of nitrogens with one attached hydrogen (secondary N) is 1. The van der Waals surface area contributed by atoms with E-state index in [1.165, 1.54) is 18.4 Å². The van der Waals surface area contributed by atoms with E-state index in [-0.39, 0.29) is 0 Å². The molecule has 0 unspecified atom stereocenters. The zero-order valence-corrected chi connectivity index (χ0v) is 12.0. The zero-order chi connectivity index (χ0) is 13.2. The van der Waals surface area contributed by atoms with Crippen molar-refractivity contribution in [1.82, 2.24) is 5.32 Å². The molecule has 1 N–H and O–H groups in total. The fourth-order valence-electron chi connectivity index (χ4n) is 1.92. The normalized spacial score (nSPS) is 10.9. The van der Waals surface area contributed by atoms with E-state index in [2.05, 4.69) is 44.3 Å². The highest BCUT2D eigenvalue weighted by Gasteiger charge is 2.07. The van der Waals surface area contributed by atoms with Crippen molar-refractivity contribution in [2.75, 3.05) is 13.2 Å². The third-order valence-electron chi connectivity index (χ3n) is 3.34. The summed E-state index contributed by atoms with van der Waals surface area (Å²) < 4.78 is 5.97. The van der Waals surface area contributed by atoms with Crippen LogP contribution in [0.25, 0.3) is 0 Å². The second-order valence-electron chi connectivity index (χ2n) is 4.78. The molecule has 1 rings (SSSR count). The van der Waals surface area contributed by atoms with Gasteiger partial charge in [0.05, 0.1) is 6.61 Å². The van der Waals surface area contributed by atoms with E-state index in [1.807, 2.05) is 6.07 Å². The minimum atomic E-state index is 0.668. The highest BCUT2D eigenvalue weighted by molar-refractivity contribution is 5.33. The summed E-state index contributed by atoms with van der Waals surface area (Å²) in [5, 5.41) is 3.43. The second kappa shape index (κ2) is 8.98. The summed E-state index contributed by atoms with van der Waals surface area (Å²) in [6.45, 7) is 9.42. The Kier molecular flexibility index (Phi) is 7.51. The van der Waals surface area contributed by atoms with Crippen molar-refractivity contribution in [3.05, 3.63) is 29.8 Å². The van der Waals surface area contributed by atoms with Crippen molar-refractivity contribution in [1.29, 1.82) is 0 Å². The number of hydrogen-bond acceptors (Lipinski definition) is 2. The standard InChI is InChI=1S/C16H27NO/c1-4-11-17-12-15-9-7-8-10-16(15)18-13-14(5-2)6-3/h7-10,14,17H,4-6,11-13H2,1-3H3. The molecule has 2 nitrogen and oxygen atoms in total. The van der Waals surface area contributed by atoms with Crippen LogP contribution in [0.1, 0.15) is 45.6 Å². The highest BCUT2D eigenvalue weighted by atomic mass is 16.5. The van der Waals surface area contributed by atoms with Crippen molar-refractivity contribution >= 4 is 0 Å². The predicted molar refractivity (Wildman–Crippen MR) is 78.0 cm³/mol. The SMILES string of the molecule is CCCNCc1ccccc1OCC(CC)CC. The number of para-hydroxylation sites is 1. The first-order valence-corrected chi connectivity index (χ1v) is 7.23. The van der Waals surface area contributed by atoms with E-state index in [9.17, 15) is 0 Å². The fraction of sp³-hybridized carbons (Fsp3) is 0.625. The number of hydrogen-bond donors (Lipinski definition) is 1. The van der Waals surface area contributed by atoms with Gasteiger partial charge in [0.25, 0.3) is 0 Å². The van der Waals surface area contributed by atoms with Crippen LogP contribution in [0.2, 0.25) is 0 Å². The van der Waals surface area contributed by atoms with E-state index >= 15 is 0 Å². The minimum Gasteiger partial charge on any atom is -0.493 e. The number of benzene rings is 1. The monoisotopic (exact) mass is 249 g/mol. The first-order chi connectivity index (χ1) is 8.81. The van der Waals surface area contributed by atoms with E-state index < -0.39 is 0 Å². The summed E-state index contributed by atoms with van der Waals surface area (Å²) in [6.07, 6.45) is 3.54. The van der Waals surface area contributed by atoms with Gasteiger partial charge in [0, 0.05) is 12.1 Å². The summed E-state index contributed by atoms with van der Waals surface area (Å²) in [4.78, 5) is 0. The molecule has 0 saturated carbocycles. The topological polar surface area (TPSA) is 21.3 Å². The van der Waals surface area contributed by atoms with Gasteiger partial charge in [-0.05, 0) is 24.9 Å². The average Bonchev–Trinajstić information content (AvgIpc) is 2.41. The van der Waals surface area contributed by atoms with Gasteiger partial charge < -0.3 is 10.1 Å². The molecule has 0 aromatic heterocycles. The largest absolute Gasteiger partial charge is 0.493 e. The lowest BCUT2D eigenvalue weighted by Crippen LogP contribution is -2.16. The smallest absolute Gasteiger partial charge is 0.123 e. The summed E-state index contributed by atoms with van der Waals surface area (Å²) in [6, 6.07) is 8.34. The third kappa shape index (κ3) is 5.09. The fourth-order valence-corrected chi connectivity index (χ4v) is 1.92. The van der Waals surface area contributed by atoms with E-state index in [0.717, 1.165) is 31.9 Å². The van der Waals surface area contributed by atoms with E-state index in [0.29, 0.717) is 5.92 Å². The van der Waals surface area contributed by atoms with E-state index in [1.54, 1.807) is 0 Å². The van der Waals surface area contributed by atoms with Crippen molar-refractivity contribution in [3.8, 4) is 5.75 Å². The summed E-state index contributed by atoms with van der Waals surface area (Å²) in [5.74, 6) is 1.70. The Morgan fingerprint density at radius 2 is 1.83 bits per heavy atom. The maximum absolute atomic E-state index is 5.97. The first-order valence-electron chi connectivity index (χ1n) is 7.23. The van der Waals surface area contributed by atoms with Crippen LogP contribution in [0, 0.1) is 5.92 Å². The molecule has 0 atom stereocenters. The summed E-state index contributed by atoms with van der Waals surface area (Å²) in [7, 11) is 0. The van der Waals surface area contributed by atoms with Crippen LogP contribution in [0.3, 0.4) is 0 Å². The molecule has 18 heavy (non-hydrogen) atoms. The molecular weight excluding hydrogens is 222 g/mol. The molecule has 0 saturated heterocycles. The van der Waals surface area contributed by atoms with Crippen LogP contribution in [0.5, 0.6) is 5.75 Å². The molecule has 0 heterocycles. The van der Waals surface area contributed by atoms with Crippen LogP contribution >= 0.6 is 0 Å². The van der Waals surface area contributed by atoms with Gasteiger partial charge in [0.15, 0.2) is 0 Å². The van der Waals surface area contributed by atoms with Crippen molar-refractivity contribution in [3.63, 3.8) is 0 Å². The van der Waals surface area contributed by atoms with Gasteiger partial charge in [-0.3, -0.25) is 0 Å². The highest BCUT2D eigenvalue weighted by Crippen LogP contribution is 2.19. The molecule has 0 bridgehead atoms. The molecule has 0 aliphatic heterocycles. The number of ether oxygens (including phenoxy) is 1. The minimum absolute atomic E-state index is 0.668. The van der Waals surface area contributed by atoms with Crippen LogP contribution in [0.4, 0.5) is 0 Å². The Bertz CT molecular complexity index is 321. The Labute approximate surface area is 112 Å². The van der Waals surface area contributed by atoms with Gasteiger partial charge in [-0.1, -0.05) is 51.8 Å². The molecule has 0 radical (unpaired) electrons. The van der Waals surface area contributed by atoms with Gasteiger partial charge in [-0.15, -0.1) is 0 Å². The Balaban J connectivity index is 2.52. The van der Waals surface area contributed by atoms with Crippen LogP contribution in [0.15, 0.2) is 24.3 Å². The van der Waals surface area contributed by atoms with Gasteiger partial charge in [-0.2, -0.15) is 0 Å². The van der Waals surface area contributed by atoms with Gasteiger partial charge in [0.1, 0.15) is 5.75 Å². The lowest BCUT2D eigenvalue weighted by molar-refractivity contribution is 0.238. The van der Waals surface area contributed by atoms with Crippen LogP contribution in [-0.2, 0) is 6.54 Å². The molecule has 102 valence electrons. The van der Waals surface area contributed by atoms with Gasteiger partial charge >= 0.3 is 0 Å². The Morgan fingerprint density at radius 3 is 2.50 bits per heavy atom. The molecule has 1 aromatic rings. The maximum Gasteiger partial charge on any atom is 0.123 e. The molecule has 0 aliphatic carbocycles. The van der Waals surface area contributed by atoms with Crippen molar-refractivity contribution in [2.24, 2.45) is 5.92 Å². The Morgan fingerprint density at radius 1 is 1.11 bits per heavy atom. The third-order valence-corrected chi connectivity index (χ3v) is 3.34. The molecule has 0 aliphatic rings. The molecule has 1 aromatic carbocycles. The molecular formula is C16H27NO. The lowest BCUT2D eigenvalue weighted by atomic mass is 10.1. The molecule has 2 heteroatoms. The van der Waals surface area contributed by atoms with Crippen LogP contribution < -0.4 is 10.1 Å². The molecule has 0 spiro atoms. The molecule has 0 fully saturated rings. The quantitative estimate of drug-likeness (QED) is 0.668. The maximum atomic E-state index is 5.97. The zero-order valence-electron chi connectivity index (χ0n) is 12.0. The van der Waals surface area contributed by atoms with Gasteiger partial charge in [-0.25, -0.2) is 0 Å². The Hall–Kier alpha value is -1.02. The first kappa shape index (κ1) is 15.0. The predicted octanol–water partition coefficient (Wildman–Crippen LogP) is 4.00. The number of rotatable bonds is 9. The van der Waals surface area contributed by atoms with Crippen LogP contribution in [-0.4, -0.2) is 13.2 Å². The van der Waals surface area contributed by atoms with E-state index in [4.69, 9.17) is 4.74 Å². The summed E-state index contributed by atoms with van der Waals surface area (Å²) in [5.41, 5.74) is 1.26. The van der Waals surface area contributed by atoms with Gasteiger partial charge in [0.2, 0.25) is 0 Å². The summed E-state index contributed by atoms with van der Waals surface area (Å²) >= 11 is 0.